The Kier molecular flexibility index (Phi) is 6.96. The highest BCUT2D eigenvalue weighted by atomic mass is 35.5. The van der Waals surface area contributed by atoms with Crippen molar-refractivity contribution in [2.45, 2.75) is 19.0 Å². The van der Waals surface area contributed by atoms with Crippen molar-refractivity contribution in [3.63, 3.8) is 0 Å². The first kappa shape index (κ1) is 20.9. The van der Waals surface area contributed by atoms with E-state index in [1.807, 2.05) is 11.0 Å². The number of hydrogen-bond acceptors (Lipinski definition) is 3. The number of halogens is 4. The maximum Gasteiger partial charge on any atom is 0.416 e. The Morgan fingerprint density at radius 1 is 1.07 bits per heavy atom. The van der Waals surface area contributed by atoms with Crippen LogP contribution in [0.1, 0.15) is 18.4 Å². The molecule has 0 bridgehead atoms. The van der Waals surface area contributed by atoms with Gasteiger partial charge in [0, 0.05) is 13.1 Å². The molecule has 2 aromatic rings. The first-order chi connectivity index (χ1) is 12.4. The van der Waals surface area contributed by atoms with Crippen molar-refractivity contribution in [3.8, 4) is 5.75 Å². The predicted octanol–water partition coefficient (Wildman–Crippen LogP) is 4.74. The fraction of sp³-hybridized carbons (Fsp3) is 0.316. The van der Waals surface area contributed by atoms with E-state index >= 15 is 0 Å². The van der Waals surface area contributed by atoms with Crippen LogP contribution >= 0.6 is 12.4 Å². The molecule has 1 saturated heterocycles. The number of carbonyl (C=O) groups is 1. The maximum atomic E-state index is 13.0. The van der Waals surface area contributed by atoms with Gasteiger partial charge >= 0.3 is 6.18 Å². The molecule has 0 aliphatic carbocycles. The second kappa shape index (κ2) is 8.99. The molecule has 0 atom stereocenters. The summed E-state index contributed by atoms with van der Waals surface area (Å²) in [5.41, 5.74) is -0.0355. The minimum atomic E-state index is -4.47. The number of amides is 1. The van der Waals surface area contributed by atoms with Crippen molar-refractivity contribution in [3.05, 3.63) is 54.1 Å². The zero-order chi connectivity index (χ0) is 18.6. The van der Waals surface area contributed by atoms with Gasteiger partial charge in [0.05, 0.1) is 16.9 Å². The number of anilines is 2. The van der Waals surface area contributed by atoms with Crippen molar-refractivity contribution in [1.29, 1.82) is 0 Å². The molecule has 4 nitrogen and oxygen atoms in total. The van der Waals surface area contributed by atoms with Crippen LogP contribution in [-0.2, 0) is 11.0 Å². The van der Waals surface area contributed by atoms with Gasteiger partial charge in [-0.3, -0.25) is 4.79 Å². The van der Waals surface area contributed by atoms with Crippen LogP contribution in [0.2, 0.25) is 0 Å². The quantitative estimate of drug-likeness (QED) is 0.787. The Morgan fingerprint density at radius 2 is 1.74 bits per heavy atom. The van der Waals surface area contributed by atoms with E-state index in [2.05, 4.69) is 5.32 Å². The van der Waals surface area contributed by atoms with Crippen LogP contribution in [0.4, 0.5) is 24.5 Å². The van der Waals surface area contributed by atoms with Crippen molar-refractivity contribution in [2.75, 3.05) is 29.9 Å². The SMILES string of the molecule is Cl.O=C(COc1ccccc1)Nc1cc(C(F)(F)F)ccc1N1CCCC1. The third kappa shape index (κ3) is 5.53. The Morgan fingerprint density at radius 3 is 2.37 bits per heavy atom. The van der Waals surface area contributed by atoms with E-state index in [0.29, 0.717) is 11.4 Å². The molecule has 1 aliphatic rings. The molecule has 1 aliphatic heterocycles. The third-order valence-electron chi connectivity index (χ3n) is 4.16. The van der Waals surface area contributed by atoms with Gasteiger partial charge in [-0.05, 0) is 43.2 Å². The highest BCUT2D eigenvalue weighted by Gasteiger charge is 2.32. The summed E-state index contributed by atoms with van der Waals surface area (Å²) in [6.45, 7) is 1.24. The predicted molar refractivity (Wildman–Crippen MR) is 101 cm³/mol. The molecule has 8 heteroatoms. The van der Waals surface area contributed by atoms with E-state index in [4.69, 9.17) is 4.74 Å². The number of para-hydroxylation sites is 1. The molecule has 0 radical (unpaired) electrons. The normalized spacial score (nSPS) is 13.8. The van der Waals surface area contributed by atoms with Crippen LogP contribution in [0.25, 0.3) is 0 Å². The van der Waals surface area contributed by atoms with Gasteiger partial charge < -0.3 is 15.0 Å². The van der Waals surface area contributed by atoms with E-state index < -0.39 is 17.6 Å². The van der Waals surface area contributed by atoms with Gasteiger partial charge in [-0.25, -0.2) is 0 Å². The monoisotopic (exact) mass is 400 g/mol. The van der Waals surface area contributed by atoms with Crippen LogP contribution in [0.3, 0.4) is 0 Å². The molecular formula is C19H20ClF3N2O2. The van der Waals surface area contributed by atoms with E-state index in [9.17, 15) is 18.0 Å². The molecule has 0 unspecified atom stereocenters. The highest BCUT2D eigenvalue weighted by molar-refractivity contribution is 5.95. The molecule has 2 aromatic carbocycles. The lowest BCUT2D eigenvalue weighted by atomic mass is 10.1. The highest BCUT2D eigenvalue weighted by Crippen LogP contribution is 2.36. The molecular weight excluding hydrogens is 381 g/mol. The van der Waals surface area contributed by atoms with Crippen LogP contribution in [0, 0.1) is 0 Å². The van der Waals surface area contributed by atoms with E-state index in [0.717, 1.165) is 38.1 Å². The number of alkyl halides is 3. The topological polar surface area (TPSA) is 41.6 Å². The molecule has 0 spiro atoms. The fourth-order valence-electron chi connectivity index (χ4n) is 2.90. The zero-order valence-corrected chi connectivity index (χ0v) is 15.3. The summed E-state index contributed by atoms with van der Waals surface area (Å²) < 4.78 is 44.5. The zero-order valence-electron chi connectivity index (χ0n) is 14.5. The Bertz CT molecular complexity index is 763. The summed E-state index contributed by atoms with van der Waals surface area (Å²) in [5.74, 6) is 0.0140. The van der Waals surface area contributed by atoms with Gasteiger partial charge in [0.1, 0.15) is 5.75 Å². The number of benzene rings is 2. The number of carbonyl (C=O) groups excluding carboxylic acids is 1. The summed E-state index contributed by atoms with van der Waals surface area (Å²) in [6.07, 6.45) is -2.51. The second-order valence-corrected chi connectivity index (χ2v) is 6.07. The van der Waals surface area contributed by atoms with Crippen molar-refractivity contribution < 1.29 is 22.7 Å². The average molecular weight is 401 g/mol. The molecule has 1 fully saturated rings. The van der Waals surface area contributed by atoms with Gasteiger partial charge in [0.25, 0.3) is 5.91 Å². The molecule has 1 heterocycles. The summed E-state index contributed by atoms with van der Waals surface area (Å²) >= 11 is 0. The standard InChI is InChI=1S/C19H19F3N2O2.ClH/c20-19(21,22)14-8-9-17(24-10-4-5-11-24)16(12-14)23-18(25)13-26-15-6-2-1-3-7-15;/h1-3,6-9,12H,4-5,10-11,13H2,(H,23,25);1H. The first-order valence-electron chi connectivity index (χ1n) is 8.37. The number of nitrogens with one attached hydrogen (secondary N) is 1. The Labute approximate surface area is 161 Å². The first-order valence-corrected chi connectivity index (χ1v) is 8.37. The van der Waals surface area contributed by atoms with Crippen molar-refractivity contribution in [1.82, 2.24) is 0 Å². The van der Waals surface area contributed by atoms with Crippen LogP contribution < -0.4 is 15.0 Å². The van der Waals surface area contributed by atoms with Crippen LogP contribution in [0.15, 0.2) is 48.5 Å². The molecule has 0 saturated carbocycles. The van der Waals surface area contributed by atoms with E-state index in [1.165, 1.54) is 6.07 Å². The van der Waals surface area contributed by atoms with Crippen molar-refractivity contribution in [2.24, 2.45) is 0 Å². The maximum absolute atomic E-state index is 13.0. The van der Waals surface area contributed by atoms with Crippen LogP contribution in [0.5, 0.6) is 5.75 Å². The molecule has 146 valence electrons. The minimum absolute atomic E-state index is 0. The Balaban J connectivity index is 0.00000261. The molecule has 27 heavy (non-hydrogen) atoms. The lowest BCUT2D eigenvalue weighted by Gasteiger charge is -2.23. The summed E-state index contributed by atoms with van der Waals surface area (Å²) in [7, 11) is 0. The van der Waals surface area contributed by atoms with E-state index in [-0.39, 0.29) is 24.7 Å². The van der Waals surface area contributed by atoms with Crippen molar-refractivity contribution >= 4 is 29.7 Å². The molecule has 1 N–H and O–H groups in total. The number of ether oxygens (including phenoxy) is 1. The smallest absolute Gasteiger partial charge is 0.416 e. The third-order valence-corrected chi connectivity index (χ3v) is 4.16. The lowest BCUT2D eigenvalue weighted by Crippen LogP contribution is -2.24. The number of rotatable bonds is 5. The van der Waals surface area contributed by atoms with Gasteiger partial charge in [0.15, 0.2) is 6.61 Å². The van der Waals surface area contributed by atoms with Gasteiger partial charge in [-0.1, -0.05) is 18.2 Å². The minimum Gasteiger partial charge on any atom is -0.484 e. The van der Waals surface area contributed by atoms with E-state index in [1.54, 1.807) is 24.3 Å². The lowest BCUT2D eigenvalue weighted by molar-refractivity contribution is -0.137. The van der Waals surface area contributed by atoms with Gasteiger partial charge in [-0.2, -0.15) is 13.2 Å². The van der Waals surface area contributed by atoms with Gasteiger partial charge in [-0.15, -0.1) is 12.4 Å². The largest absolute Gasteiger partial charge is 0.484 e. The average Bonchev–Trinajstić information content (AvgIpc) is 3.14. The number of nitrogens with zero attached hydrogens (tertiary/aromatic N) is 1. The Hall–Kier alpha value is -2.41. The van der Waals surface area contributed by atoms with Gasteiger partial charge in [0.2, 0.25) is 0 Å². The molecule has 1 amide bonds. The molecule has 0 aromatic heterocycles. The summed E-state index contributed by atoms with van der Waals surface area (Å²) in [4.78, 5) is 14.2. The number of hydrogen-bond donors (Lipinski definition) is 1. The fourth-order valence-corrected chi connectivity index (χ4v) is 2.90. The second-order valence-electron chi connectivity index (χ2n) is 6.07. The summed E-state index contributed by atoms with van der Waals surface area (Å²) in [6, 6.07) is 12.2. The molecule has 3 rings (SSSR count). The summed E-state index contributed by atoms with van der Waals surface area (Å²) in [5, 5.41) is 2.56. The van der Waals surface area contributed by atoms with Crippen LogP contribution in [-0.4, -0.2) is 25.6 Å².